The Morgan fingerprint density at radius 1 is 0.222 bits per heavy atom. The molecule has 18 aromatic carbocycles. The smallest absolute Gasteiger partial charge is 0.241 e. The van der Waals surface area contributed by atoms with Crippen LogP contribution in [0.1, 0.15) is 196 Å². The van der Waals surface area contributed by atoms with E-state index in [9.17, 15) is 0 Å². The van der Waals surface area contributed by atoms with Crippen LogP contribution in [0.4, 0.5) is 34.1 Å². The van der Waals surface area contributed by atoms with Crippen LogP contribution in [-0.4, -0.2) is 29.6 Å². The second-order valence-electron chi connectivity index (χ2n) is 40.1. The fraction of sp³-hybridized carbons (Fsp3) is 0.156. The van der Waals surface area contributed by atoms with Gasteiger partial charge in [0.1, 0.15) is 11.5 Å². The molecule has 6 aliphatic rings. The second kappa shape index (κ2) is 33.5. The van der Waals surface area contributed by atoms with Crippen molar-refractivity contribution < 1.29 is 4.74 Å². The summed E-state index contributed by atoms with van der Waals surface area (Å²) >= 11 is 0. The van der Waals surface area contributed by atoms with Crippen molar-refractivity contribution in [3.63, 3.8) is 0 Å². The lowest BCUT2D eigenvalue weighted by Gasteiger charge is -2.49. The van der Waals surface area contributed by atoms with E-state index in [4.69, 9.17) is 4.74 Å². The van der Waals surface area contributed by atoms with Gasteiger partial charge in [-0.3, -0.25) is 0 Å². The Morgan fingerprint density at radius 2 is 0.474 bits per heavy atom. The SMILES string of the molecule is CC(C)c1cc(C(C)C)c(B2c3ccccc3[Si](c3ccccc3)(c3ccccc3)c3cc(N4c5ccccc5C5(c6ccccc6-c6ccccc65)c5ccccc54)ccc32)c(C(C)C)c1.CC(C)c1cc(C(C)C)c(B2c3ccccc3[Si](c3ccccc3)(c3ccccc3)c3cc(N4c5ccccc5C5(c6ccccc6Oc6ccccc65)c5ccccc54)ccc32)c(C(C)C)c1. The molecule has 0 radical (unpaired) electrons. The highest BCUT2D eigenvalue weighted by Crippen LogP contribution is 2.65. The molecule has 0 atom stereocenters. The maximum atomic E-state index is 6.75. The van der Waals surface area contributed by atoms with Gasteiger partial charge in [-0.25, -0.2) is 0 Å². The lowest BCUT2D eigenvalue weighted by molar-refractivity contribution is 0.434. The molecule has 5 aliphatic heterocycles. The van der Waals surface area contributed by atoms with Crippen molar-refractivity contribution in [1.29, 1.82) is 0 Å². The molecule has 0 bridgehead atoms. The van der Waals surface area contributed by atoms with Gasteiger partial charge in [-0.2, -0.15) is 0 Å². The van der Waals surface area contributed by atoms with E-state index in [2.05, 4.69) is 518 Å². The summed E-state index contributed by atoms with van der Waals surface area (Å²) in [6.45, 7) is 28.7. The quantitative estimate of drug-likeness (QED) is 0.101. The number of para-hydroxylation sites is 6. The standard InChI is InChI=1S/C64H56BNOSi.C64H56BNSi/c1-42(2)45-39-49(43(3)4)63(50(40-45)44(5)6)65-55-31-17-22-36-61(55)68(47-23-9-7-10-24-47,48-25-11-8-12-26-48)62-41-46(37-38-56(62)65)66-57-32-18-13-27-51(57)64(52-28-14-19-33-58(52)66)53-29-15-20-34-59(53)67-60-35-21-16-30-54(60)64;1-42(2)45-39-51(43(3)4)63(52(40-45)44(5)6)65-57-33-19-22-36-61(57)67(47-23-9-7-10-24-47,48-25-11-8-12-26-48)62-41-46(37-38-58(62)65)66-59-34-20-17-31-55(59)64(56-32-18-21-35-60(56)66)53-29-15-13-27-49(53)50-28-14-16-30-54(50)64/h7-44H,1-6H3;7-44H,1-6H3. The van der Waals surface area contributed by atoms with Crippen LogP contribution < -0.4 is 88.8 Å². The zero-order chi connectivity index (χ0) is 91.9. The van der Waals surface area contributed by atoms with Crippen molar-refractivity contribution in [2.75, 3.05) is 9.80 Å². The molecule has 654 valence electrons. The zero-order valence-electron chi connectivity index (χ0n) is 79.3. The molecule has 24 rings (SSSR count). The number of fused-ring (bicyclic) bond motifs is 21. The summed E-state index contributed by atoms with van der Waals surface area (Å²) in [6, 6.07) is 163. The van der Waals surface area contributed by atoms with E-state index in [1.165, 1.54) is 181 Å². The van der Waals surface area contributed by atoms with Gasteiger partial charge in [-0.1, -0.05) is 480 Å². The van der Waals surface area contributed by atoms with Crippen molar-refractivity contribution in [2.24, 2.45) is 0 Å². The zero-order valence-corrected chi connectivity index (χ0v) is 81.3. The monoisotopic (exact) mass is 1770 g/mol. The fourth-order valence-corrected chi connectivity index (χ4v) is 36.0. The molecule has 18 aromatic rings. The molecule has 2 spiro atoms. The highest BCUT2D eigenvalue weighted by Gasteiger charge is 2.57. The van der Waals surface area contributed by atoms with E-state index in [1.54, 1.807) is 0 Å². The summed E-state index contributed by atoms with van der Waals surface area (Å²) in [4.78, 5) is 5.17. The van der Waals surface area contributed by atoms with Crippen molar-refractivity contribution in [1.82, 2.24) is 0 Å². The molecule has 1 aliphatic carbocycles. The predicted molar refractivity (Wildman–Crippen MR) is 579 cm³/mol. The minimum absolute atomic E-state index is 0.0405. The van der Waals surface area contributed by atoms with Gasteiger partial charge in [0.15, 0.2) is 16.1 Å². The average Bonchev–Trinajstić information content (AvgIpc) is 1.67. The number of benzene rings is 18. The second-order valence-corrected chi connectivity index (χ2v) is 47.6. The molecule has 0 unspecified atom stereocenters. The van der Waals surface area contributed by atoms with Gasteiger partial charge < -0.3 is 14.5 Å². The molecule has 7 heteroatoms. The third kappa shape index (κ3) is 12.7. The fourth-order valence-electron chi connectivity index (χ4n) is 25.4. The van der Waals surface area contributed by atoms with Crippen molar-refractivity contribution in [3.8, 4) is 22.6 Å². The van der Waals surface area contributed by atoms with Gasteiger partial charge in [0.25, 0.3) is 0 Å². The van der Waals surface area contributed by atoms with Gasteiger partial charge in [-0.15, -0.1) is 0 Å². The Labute approximate surface area is 801 Å². The molecule has 0 saturated carbocycles. The largest absolute Gasteiger partial charge is 0.457 e. The third-order valence-corrected chi connectivity index (χ3v) is 40.9. The molecule has 135 heavy (non-hydrogen) atoms. The Morgan fingerprint density at radius 3 is 0.785 bits per heavy atom. The van der Waals surface area contributed by atoms with E-state index in [0.29, 0.717) is 35.5 Å². The summed E-state index contributed by atoms with van der Waals surface area (Å²) in [6.07, 6.45) is 0. The van der Waals surface area contributed by atoms with Crippen LogP contribution in [0.5, 0.6) is 11.5 Å². The number of anilines is 6. The van der Waals surface area contributed by atoms with E-state index < -0.39 is 27.0 Å². The lowest BCUT2D eigenvalue weighted by atomic mass is 9.34. The van der Waals surface area contributed by atoms with Crippen molar-refractivity contribution in [2.45, 2.75) is 129 Å². The van der Waals surface area contributed by atoms with E-state index in [-0.39, 0.29) is 13.4 Å². The average molecular weight is 1770 g/mol. The Hall–Kier alpha value is -14.1. The summed E-state index contributed by atoms with van der Waals surface area (Å²) in [7, 11) is -6.02. The van der Waals surface area contributed by atoms with Crippen LogP contribution in [0.2, 0.25) is 0 Å². The maximum absolute atomic E-state index is 6.75. The first-order valence-corrected chi connectivity index (χ1v) is 53.1. The first kappa shape index (κ1) is 85.1. The molecule has 5 heterocycles. The number of ether oxygens (including phenoxy) is 1. The van der Waals surface area contributed by atoms with Crippen LogP contribution in [0.15, 0.2) is 425 Å². The van der Waals surface area contributed by atoms with Crippen LogP contribution in [0.25, 0.3) is 11.1 Å². The van der Waals surface area contributed by atoms with Crippen LogP contribution in [-0.2, 0) is 10.8 Å². The number of hydrogen-bond acceptors (Lipinski definition) is 3. The number of nitrogens with zero attached hydrogens (tertiary/aromatic N) is 2. The minimum atomic E-state index is -3.02. The van der Waals surface area contributed by atoms with Gasteiger partial charge in [0.05, 0.1) is 33.6 Å². The normalized spacial score (nSPS) is 14.7. The van der Waals surface area contributed by atoms with Crippen LogP contribution in [0, 0.1) is 0 Å². The van der Waals surface area contributed by atoms with Crippen LogP contribution >= 0.6 is 0 Å². The summed E-state index contributed by atoms with van der Waals surface area (Å²) < 4.78 is 6.75. The summed E-state index contributed by atoms with van der Waals surface area (Å²) in [5.41, 5.74) is 36.3. The van der Waals surface area contributed by atoms with E-state index in [1.807, 2.05) is 0 Å². The summed E-state index contributed by atoms with van der Waals surface area (Å²) in [5, 5.41) is 11.5. The maximum Gasteiger partial charge on any atom is 0.241 e. The molecule has 0 saturated heterocycles. The Balaban J connectivity index is 0.000000152. The number of rotatable bonds is 14. The van der Waals surface area contributed by atoms with Crippen molar-refractivity contribution in [3.05, 3.63) is 503 Å². The molecule has 0 fully saturated rings. The minimum Gasteiger partial charge on any atom is -0.457 e. The molecular weight excluding hydrogens is 1660 g/mol. The Bertz CT molecular complexity index is 7340. The van der Waals surface area contributed by atoms with Gasteiger partial charge >= 0.3 is 0 Å². The first-order valence-electron chi connectivity index (χ1n) is 49.1. The van der Waals surface area contributed by atoms with E-state index in [0.717, 1.165) is 28.3 Å². The Kier molecular flexibility index (Phi) is 21.1. The van der Waals surface area contributed by atoms with Gasteiger partial charge in [0.2, 0.25) is 13.4 Å². The molecule has 0 amide bonds. The van der Waals surface area contributed by atoms with Gasteiger partial charge in [-0.05, 0) is 216 Å². The molecule has 0 aromatic heterocycles. The lowest BCUT2D eigenvalue weighted by Crippen LogP contribution is -2.86. The highest BCUT2D eigenvalue weighted by molar-refractivity contribution is 7.27. The topological polar surface area (TPSA) is 15.7 Å². The molecular formula is C128H112B2N2OSi2. The van der Waals surface area contributed by atoms with Gasteiger partial charge in [0, 0.05) is 22.5 Å². The summed E-state index contributed by atoms with van der Waals surface area (Å²) in [5.74, 6) is 4.06. The highest BCUT2D eigenvalue weighted by atomic mass is 28.3. The number of hydrogen-bond donors (Lipinski definition) is 0. The van der Waals surface area contributed by atoms with Crippen molar-refractivity contribution >= 4 is 138 Å². The first-order chi connectivity index (χ1) is 66.0. The molecule has 3 nitrogen and oxygen atoms in total. The molecule has 0 N–H and O–H groups in total. The third-order valence-electron chi connectivity index (χ3n) is 31.1. The van der Waals surface area contributed by atoms with Crippen LogP contribution in [0.3, 0.4) is 0 Å². The predicted octanol–water partition coefficient (Wildman–Crippen LogP) is 22.9. The van der Waals surface area contributed by atoms with E-state index >= 15 is 0 Å².